The van der Waals surface area contributed by atoms with Crippen molar-refractivity contribution in [1.29, 1.82) is 0 Å². The second-order valence-corrected chi connectivity index (χ2v) is 7.00. The number of hydrogen-bond donors (Lipinski definition) is 2. The SMILES string of the molecule is Cc1ccccc1-n1nc(C(=O)NCc2cc(C(=O)O)c(C)o2)c2c1CCC2. The van der Waals surface area contributed by atoms with Gasteiger partial charge >= 0.3 is 5.97 Å². The Bertz CT molecular complexity index is 1080. The molecular formula is C21H21N3O4. The molecule has 3 aromatic rings. The number of nitrogens with one attached hydrogen (secondary N) is 1. The van der Waals surface area contributed by atoms with E-state index in [-0.39, 0.29) is 18.0 Å². The van der Waals surface area contributed by atoms with E-state index in [1.807, 2.05) is 35.9 Å². The number of fused-ring (bicyclic) bond motifs is 1. The molecule has 1 aliphatic rings. The maximum absolute atomic E-state index is 12.8. The average Bonchev–Trinajstić information content (AvgIpc) is 3.35. The van der Waals surface area contributed by atoms with Crippen LogP contribution in [0.5, 0.6) is 0 Å². The third-order valence-corrected chi connectivity index (χ3v) is 5.11. The lowest BCUT2D eigenvalue weighted by Crippen LogP contribution is -2.24. The highest BCUT2D eigenvalue weighted by molar-refractivity contribution is 5.94. The molecule has 0 fully saturated rings. The van der Waals surface area contributed by atoms with Gasteiger partial charge in [-0.25, -0.2) is 9.48 Å². The van der Waals surface area contributed by atoms with Crippen LogP contribution in [0.1, 0.15) is 55.6 Å². The van der Waals surface area contributed by atoms with Gasteiger partial charge in [0.05, 0.1) is 12.2 Å². The van der Waals surface area contributed by atoms with Gasteiger partial charge in [0.1, 0.15) is 17.1 Å². The van der Waals surface area contributed by atoms with Crippen LogP contribution in [-0.2, 0) is 19.4 Å². The Morgan fingerprint density at radius 3 is 2.75 bits per heavy atom. The van der Waals surface area contributed by atoms with Crippen LogP contribution in [0.4, 0.5) is 0 Å². The maximum atomic E-state index is 12.8. The molecule has 1 amide bonds. The number of amides is 1. The highest BCUT2D eigenvalue weighted by Gasteiger charge is 2.27. The van der Waals surface area contributed by atoms with E-state index in [1.54, 1.807) is 6.92 Å². The number of carbonyl (C=O) groups is 2. The number of aromatic nitrogens is 2. The lowest BCUT2D eigenvalue weighted by molar-refractivity contribution is 0.0694. The molecule has 2 heterocycles. The van der Waals surface area contributed by atoms with Crippen LogP contribution in [0.3, 0.4) is 0 Å². The highest BCUT2D eigenvalue weighted by atomic mass is 16.4. The predicted octanol–water partition coefficient (Wildman–Crippen LogP) is 3.20. The van der Waals surface area contributed by atoms with Crippen LogP contribution < -0.4 is 5.32 Å². The quantitative estimate of drug-likeness (QED) is 0.709. The van der Waals surface area contributed by atoms with E-state index in [2.05, 4.69) is 10.4 Å². The lowest BCUT2D eigenvalue weighted by atomic mass is 10.2. The van der Waals surface area contributed by atoms with Crippen LogP contribution in [0.15, 0.2) is 34.7 Å². The predicted molar refractivity (Wildman–Crippen MR) is 102 cm³/mol. The van der Waals surface area contributed by atoms with Gasteiger partial charge in [-0.2, -0.15) is 5.10 Å². The summed E-state index contributed by atoms with van der Waals surface area (Å²) in [6.07, 6.45) is 2.72. The average molecular weight is 379 g/mol. The van der Waals surface area contributed by atoms with E-state index in [4.69, 9.17) is 9.52 Å². The van der Waals surface area contributed by atoms with Crippen molar-refractivity contribution < 1.29 is 19.1 Å². The van der Waals surface area contributed by atoms with E-state index >= 15 is 0 Å². The van der Waals surface area contributed by atoms with Crippen molar-refractivity contribution in [2.45, 2.75) is 39.7 Å². The fraction of sp³-hybridized carbons (Fsp3) is 0.286. The van der Waals surface area contributed by atoms with Crippen molar-refractivity contribution in [3.05, 3.63) is 69.9 Å². The minimum absolute atomic E-state index is 0.106. The zero-order chi connectivity index (χ0) is 19.8. The van der Waals surface area contributed by atoms with Gasteiger partial charge in [0.2, 0.25) is 0 Å². The van der Waals surface area contributed by atoms with Crippen molar-refractivity contribution in [1.82, 2.24) is 15.1 Å². The van der Waals surface area contributed by atoms with E-state index in [1.165, 1.54) is 6.07 Å². The van der Waals surface area contributed by atoms with E-state index in [9.17, 15) is 9.59 Å². The first-order chi connectivity index (χ1) is 13.5. The topological polar surface area (TPSA) is 97.4 Å². The second-order valence-electron chi connectivity index (χ2n) is 7.00. The van der Waals surface area contributed by atoms with Gasteiger partial charge in [-0.05, 0) is 50.8 Å². The van der Waals surface area contributed by atoms with E-state index < -0.39 is 5.97 Å². The summed E-state index contributed by atoms with van der Waals surface area (Å²) in [5.41, 5.74) is 4.68. The maximum Gasteiger partial charge on any atom is 0.339 e. The number of aryl methyl sites for hydroxylation is 2. The van der Waals surface area contributed by atoms with Crippen LogP contribution in [0.25, 0.3) is 5.69 Å². The monoisotopic (exact) mass is 379 g/mol. The molecule has 0 unspecified atom stereocenters. The first-order valence-corrected chi connectivity index (χ1v) is 9.23. The normalized spacial score (nSPS) is 12.8. The zero-order valence-electron chi connectivity index (χ0n) is 15.8. The summed E-state index contributed by atoms with van der Waals surface area (Å²) < 4.78 is 7.31. The molecule has 7 nitrogen and oxygen atoms in total. The Labute approximate surface area is 162 Å². The summed E-state index contributed by atoms with van der Waals surface area (Å²) in [6, 6.07) is 9.41. The number of benzene rings is 1. The van der Waals surface area contributed by atoms with Gasteiger partial charge in [0.25, 0.3) is 5.91 Å². The van der Waals surface area contributed by atoms with E-state index in [0.717, 1.165) is 41.8 Å². The van der Waals surface area contributed by atoms with Crippen molar-refractivity contribution in [2.24, 2.45) is 0 Å². The van der Waals surface area contributed by atoms with E-state index in [0.29, 0.717) is 17.2 Å². The molecule has 144 valence electrons. The van der Waals surface area contributed by atoms with Crippen LogP contribution in [-0.4, -0.2) is 26.8 Å². The van der Waals surface area contributed by atoms with Gasteiger partial charge in [-0.3, -0.25) is 4.79 Å². The minimum Gasteiger partial charge on any atom is -0.478 e. The molecule has 2 N–H and O–H groups in total. The van der Waals surface area contributed by atoms with Gasteiger partial charge in [0.15, 0.2) is 5.69 Å². The molecule has 0 saturated carbocycles. The van der Waals surface area contributed by atoms with Crippen molar-refractivity contribution in [3.63, 3.8) is 0 Å². The molecule has 0 spiro atoms. The fourth-order valence-corrected chi connectivity index (χ4v) is 3.71. The molecule has 1 aliphatic carbocycles. The molecule has 7 heteroatoms. The smallest absolute Gasteiger partial charge is 0.339 e. The zero-order valence-corrected chi connectivity index (χ0v) is 15.8. The van der Waals surface area contributed by atoms with Crippen molar-refractivity contribution >= 4 is 11.9 Å². The van der Waals surface area contributed by atoms with Gasteiger partial charge < -0.3 is 14.8 Å². The Morgan fingerprint density at radius 1 is 1.25 bits per heavy atom. The van der Waals surface area contributed by atoms with Crippen molar-refractivity contribution in [2.75, 3.05) is 0 Å². The molecule has 2 aromatic heterocycles. The number of aromatic carboxylic acids is 1. The number of rotatable bonds is 5. The minimum atomic E-state index is -1.05. The standard InChI is InChI=1S/C21H21N3O4/c1-12-6-3-4-8-17(12)24-18-9-5-7-15(18)19(23-24)20(25)22-11-14-10-16(21(26)27)13(2)28-14/h3-4,6,8,10H,5,7,9,11H2,1-2H3,(H,22,25)(H,26,27). The summed E-state index contributed by atoms with van der Waals surface area (Å²) >= 11 is 0. The molecule has 28 heavy (non-hydrogen) atoms. The second kappa shape index (κ2) is 6.99. The summed E-state index contributed by atoms with van der Waals surface area (Å²) in [6.45, 7) is 3.72. The Balaban J connectivity index is 1.59. The Morgan fingerprint density at radius 2 is 2.04 bits per heavy atom. The number of furan rings is 1. The molecule has 0 radical (unpaired) electrons. The number of para-hydroxylation sites is 1. The molecule has 0 aliphatic heterocycles. The first-order valence-electron chi connectivity index (χ1n) is 9.23. The number of nitrogens with zero attached hydrogens (tertiary/aromatic N) is 2. The Kier molecular flexibility index (Phi) is 4.50. The third-order valence-electron chi connectivity index (χ3n) is 5.11. The lowest BCUT2D eigenvalue weighted by Gasteiger charge is -2.08. The van der Waals surface area contributed by atoms with Crippen LogP contribution in [0, 0.1) is 13.8 Å². The van der Waals surface area contributed by atoms with Crippen LogP contribution >= 0.6 is 0 Å². The molecule has 4 rings (SSSR count). The van der Waals surface area contributed by atoms with Crippen LogP contribution in [0.2, 0.25) is 0 Å². The van der Waals surface area contributed by atoms with Crippen molar-refractivity contribution in [3.8, 4) is 5.69 Å². The molecular weight excluding hydrogens is 358 g/mol. The number of carboxylic acid groups (broad SMARTS) is 1. The molecule has 1 aromatic carbocycles. The van der Waals surface area contributed by atoms with Gasteiger partial charge in [-0.15, -0.1) is 0 Å². The molecule has 0 atom stereocenters. The summed E-state index contributed by atoms with van der Waals surface area (Å²) in [4.78, 5) is 23.9. The summed E-state index contributed by atoms with van der Waals surface area (Å²) in [5.74, 6) is -0.607. The largest absolute Gasteiger partial charge is 0.478 e. The molecule has 0 saturated heterocycles. The first kappa shape index (κ1) is 18.0. The third kappa shape index (κ3) is 3.09. The number of hydrogen-bond acceptors (Lipinski definition) is 4. The highest BCUT2D eigenvalue weighted by Crippen LogP contribution is 2.29. The number of carbonyl (C=O) groups excluding carboxylic acids is 1. The summed E-state index contributed by atoms with van der Waals surface area (Å²) in [5, 5.41) is 16.5. The Hall–Kier alpha value is -3.35. The fourth-order valence-electron chi connectivity index (χ4n) is 3.71. The summed E-state index contributed by atoms with van der Waals surface area (Å²) in [7, 11) is 0. The number of carboxylic acids is 1. The van der Waals surface area contributed by atoms with Gasteiger partial charge in [0, 0.05) is 11.3 Å². The molecule has 0 bridgehead atoms. The van der Waals surface area contributed by atoms with Gasteiger partial charge in [-0.1, -0.05) is 18.2 Å².